The van der Waals surface area contributed by atoms with Crippen molar-refractivity contribution in [2.75, 3.05) is 31.1 Å². The normalized spacial score (nSPS) is 15.2. The van der Waals surface area contributed by atoms with Crippen LogP contribution in [0.2, 0.25) is 5.02 Å². The summed E-state index contributed by atoms with van der Waals surface area (Å²) in [6.07, 6.45) is 0. The van der Waals surface area contributed by atoms with Gasteiger partial charge in [0.05, 0.1) is 10.2 Å². The van der Waals surface area contributed by atoms with Gasteiger partial charge in [-0.3, -0.25) is 4.79 Å². The minimum Gasteiger partial charge on any atom is -0.444 e. The molecule has 0 N–H and O–H groups in total. The van der Waals surface area contributed by atoms with Crippen LogP contribution in [0.1, 0.15) is 10.6 Å². The first-order valence-corrected chi connectivity index (χ1v) is 9.44. The van der Waals surface area contributed by atoms with E-state index in [9.17, 15) is 4.79 Å². The average molecular weight is 427 g/mol. The van der Waals surface area contributed by atoms with Crippen LogP contribution in [0.15, 0.2) is 39.4 Å². The van der Waals surface area contributed by atoms with Crippen LogP contribution in [-0.4, -0.2) is 42.0 Å². The molecule has 5 nitrogen and oxygen atoms in total. The predicted molar refractivity (Wildman–Crippen MR) is 99.2 cm³/mol. The molecule has 1 aliphatic heterocycles. The lowest BCUT2D eigenvalue weighted by atomic mass is 10.3. The second-order valence-corrected chi connectivity index (χ2v) is 7.72. The van der Waals surface area contributed by atoms with E-state index in [0.29, 0.717) is 23.5 Å². The first-order valence-electron chi connectivity index (χ1n) is 7.46. The monoisotopic (exact) mass is 425 g/mol. The van der Waals surface area contributed by atoms with Crippen LogP contribution >= 0.6 is 38.9 Å². The van der Waals surface area contributed by atoms with E-state index in [1.54, 1.807) is 23.5 Å². The molecule has 3 heterocycles. The zero-order valence-electron chi connectivity index (χ0n) is 12.5. The van der Waals surface area contributed by atoms with Gasteiger partial charge in [0.25, 0.3) is 5.91 Å². The van der Waals surface area contributed by atoms with E-state index in [1.165, 1.54) is 0 Å². The number of aromatic nitrogens is 1. The van der Waals surface area contributed by atoms with E-state index >= 15 is 0 Å². The summed E-state index contributed by atoms with van der Waals surface area (Å²) in [6.45, 7) is 2.80. The Morgan fingerprint density at radius 2 is 2.00 bits per heavy atom. The van der Waals surface area contributed by atoms with Gasteiger partial charge in [0.15, 0.2) is 15.6 Å². The number of thiazole rings is 1. The quantitative estimate of drug-likeness (QED) is 0.614. The molecule has 0 atom stereocenters. The van der Waals surface area contributed by atoms with Crippen LogP contribution in [0.5, 0.6) is 0 Å². The third kappa shape index (κ3) is 3.03. The molecule has 1 aromatic carbocycles. The number of amides is 1. The molecule has 0 radical (unpaired) electrons. The maximum absolute atomic E-state index is 12.4. The smallest absolute Gasteiger partial charge is 0.289 e. The van der Waals surface area contributed by atoms with Crippen molar-refractivity contribution < 1.29 is 9.21 Å². The van der Waals surface area contributed by atoms with Crippen molar-refractivity contribution in [1.82, 2.24) is 9.88 Å². The number of benzene rings is 1. The molecule has 2 aromatic heterocycles. The number of nitrogens with zero attached hydrogens (tertiary/aromatic N) is 3. The van der Waals surface area contributed by atoms with Crippen molar-refractivity contribution in [2.45, 2.75) is 0 Å². The Balaban J connectivity index is 1.46. The highest BCUT2D eigenvalue weighted by atomic mass is 79.9. The molecule has 1 aliphatic rings. The number of anilines is 1. The predicted octanol–water partition coefficient (Wildman–Crippen LogP) is 4.27. The number of rotatable bonds is 2. The van der Waals surface area contributed by atoms with E-state index in [0.717, 1.165) is 33.5 Å². The summed E-state index contributed by atoms with van der Waals surface area (Å²) in [5.41, 5.74) is 0.957. The maximum atomic E-state index is 12.4. The Hall–Kier alpha value is -1.57. The van der Waals surface area contributed by atoms with Gasteiger partial charge < -0.3 is 14.2 Å². The number of carbonyl (C=O) groups excluding carboxylic acids is 1. The summed E-state index contributed by atoms with van der Waals surface area (Å²) in [6, 6.07) is 9.15. The van der Waals surface area contributed by atoms with Gasteiger partial charge in [-0.2, -0.15) is 0 Å². The van der Waals surface area contributed by atoms with Crippen molar-refractivity contribution in [3.63, 3.8) is 0 Å². The first kappa shape index (κ1) is 15.9. The summed E-state index contributed by atoms with van der Waals surface area (Å²) in [5.74, 6) is 0.293. The Labute approximate surface area is 155 Å². The van der Waals surface area contributed by atoms with Crippen molar-refractivity contribution in [3.05, 3.63) is 45.8 Å². The molecule has 0 bridgehead atoms. The number of piperazine rings is 1. The standard InChI is InChI=1S/C16H13BrClN3O2S/c17-14-4-3-12(23-14)15(22)20-5-7-21(8-6-20)16-19-11-2-1-10(18)9-13(11)24-16/h1-4,9H,5-8H2. The fourth-order valence-electron chi connectivity index (χ4n) is 2.71. The lowest BCUT2D eigenvalue weighted by Crippen LogP contribution is -2.48. The third-order valence-corrected chi connectivity index (χ3v) is 5.70. The molecule has 3 aromatic rings. The molecule has 124 valence electrons. The third-order valence-electron chi connectivity index (χ3n) is 3.96. The molecular formula is C16H13BrClN3O2S. The zero-order chi connectivity index (χ0) is 16.7. The highest BCUT2D eigenvalue weighted by Crippen LogP contribution is 2.31. The molecule has 0 saturated carbocycles. The topological polar surface area (TPSA) is 49.6 Å². The summed E-state index contributed by atoms with van der Waals surface area (Å²) in [5, 5.41) is 1.69. The van der Waals surface area contributed by atoms with Crippen LogP contribution < -0.4 is 4.90 Å². The molecule has 24 heavy (non-hydrogen) atoms. The second kappa shape index (κ2) is 6.38. The average Bonchev–Trinajstić information content (AvgIpc) is 3.20. The van der Waals surface area contributed by atoms with Crippen molar-refractivity contribution in [3.8, 4) is 0 Å². The molecule has 1 saturated heterocycles. The Morgan fingerprint density at radius 3 is 2.71 bits per heavy atom. The van der Waals surface area contributed by atoms with E-state index in [4.69, 9.17) is 16.0 Å². The molecule has 0 aliphatic carbocycles. The van der Waals surface area contributed by atoms with E-state index in [-0.39, 0.29) is 5.91 Å². The van der Waals surface area contributed by atoms with Gasteiger partial charge in [0, 0.05) is 31.2 Å². The molecule has 0 unspecified atom stereocenters. The van der Waals surface area contributed by atoms with Gasteiger partial charge in [-0.05, 0) is 46.3 Å². The van der Waals surface area contributed by atoms with E-state index in [2.05, 4.69) is 25.8 Å². The highest BCUT2D eigenvalue weighted by molar-refractivity contribution is 9.10. The number of halogens is 2. The first-order chi connectivity index (χ1) is 11.6. The van der Waals surface area contributed by atoms with Crippen LogP contribution in [0, 0.1) is 0 Å². The number of carbonyl (C=O) groups is 1. The lowest BCUT2D eigenvalue weighted by molar-refractivity contribution is 0.0713. The van der Waals surface area contributed by atoms with Gasteiger partial charge in [-0.25, -0.2) is 4.98 Å². The minimum absolute atomic E-state index is 0.0727. The van der Waals surface area contributed by atoms with Crippen LogP contribution in [0.25, 0.3) is 10.2 Å². The Kier molecular flexibility index (Phi) is 4.24. The maximum Gasteiger partial charge on any atom is 0.289 e. The summed E-state index contributed by atoms with van der Waals surface area (Å²) in [4.78, 5) is 21.1. The van der Waals surface area contributed by atoms with Crippen molar-refractivity contribution >= 4 is 60.1 Å². The van der Waals surface area contributed by atoms with Gasteiger partial charge >= 0.3 is 0 Å². The summed E-state index contributed by atoms with van der Waals surface area (Å²) >= 11 is 10.9. The van der Waals surface area contributed by atoms with Crippen LogP contribution in [-0.2, 0) is 0 Å². The largest absolute Gasteiger partial charge is 0.444 e. The van der Waals surface area contributed by atoms with E-state index < -0.39 is 0 Å². The van der Waals surface area contributed by atoms with Crippen molar-refractivity contribution in [2.24, 2.45) is 0 Å². The van der Waals surface area contributed by atoms with Crippen LogP contribution in [0.3, 0.4) is 0 Å². The Morgan fingerprint density at radius 1 is 1.21 bits per heavy atom. The minimum atomic E-state index is -0.0727. The van der Waals surface area contributed by atoms with Gasteiger partial charge in [-0.1, -0.05) is 22.9 Å². The number of fused-ring (bicyclic) bond motifs is 1. The van der Waals surface area contributed by atoms with Gasteiger partial charge in [0.2, 0.25) is 0 Å². The molecule has 1 fully saturated rings. The highest BCUT2D eigenvalue weighted by Gasteiger charge is 2.25. The molecule has 0 spiro atoms. The number of hydrogen-bond acceptors (Lipinski definition) is 5. The second-order valence-electron chi connectivity index (χ2n) is 5.49. The SMILES string of the molecule is O=C(c1ccc(Br)o1)N1CCN(c2nc3ccc(Cl)cc3s2)CC1. The molecule has 8 heteroatoms. The lowest BCUT2D eigenvalue weighted by Gasteiger charge is -2.34. The number of hydrogen-bond donors (Lipinski definition) is 0. The Bertz CT molecular complexity index is 902. The van der Waals surface area contributed by atoms with Crippen molar-refractivity contribution in [1.29, 1.82) is 0 Å². The number of furan rings is 1. The summed E-state index contributed by atoms with van der Waals surface area (Å²) in [7, 11) is 0. The molecule has 1 amide bonds. The van der Waals surface area contributed by atoms with Crippen LogP contribution in [0.4, 0.5) is 5.13 Å². The van der Waals surface area contributed by atoms with E-state index in [1.807, 2.05) is 23.1 Å². The fourth-order valence-corrected chi connectivity index (χ4v) is 4.31. The fraction of sp³-hybridized carbons (Fsp3) is 0.250. The van der Waals surface area contributed by atoms with Gasteiger partial charge in [-0.15, -0.1) is 0 Å². The summed E-state index contributed by atoms with van der Waals surface area (Å²) < 4.78 is 7.00. The zero-order valence-corrected chi connectivity index (χ0v) is 15.7. The molecule has 4 rings (SSSR count). The molecular weight excluding hydrogens is 414 g/mol. The van der Waals surface area contributed by atoms with Gasteiger partial charge in [0.1, 0.15) is 0 Å².